The van der Waals surface area contributed by atoms with Gasteiger partial charge in [0.15, 0.2) is 12.1 Å². The van der Waals surface area contributed by atoms with Gasteiger partial charge in [-0.25, -0.2) is 14.6 Å². The van der Waals surface area contributed by atoms with Crippen LogP contribution >= 0.6 is 0 Å². The summed E-state index contributed by atoms with van der Waals surface area (Å²) in [6.07, 6.45) is 3.77. The van der Waals surface area contributed by atoms with E-state index < -0.39 is 6.09 Å². The predicted octanol–water partition coefficient (Wildman–Crippen LogP) is 5.53. The Hall–Kier alpha value is -4.67. The molecule has 0 radical (unpaired) electrons. The third-order valence-electron chi connectivity index (χ3n) is 6.65. The van der Waals surface area contributed by atoms with Crippen LogP contribution in [0.25, 0.3) is 0 Å². The number of urea groups is 1. The van der Waals surface area contributed by atoms with Gasteiger partial charge in [-0.2, -0.15) is 4.98 Å². The molecule has 0 atom stereocenters. The molecule has 1 saturated heterocycles. The maximum Gasteiger partial charge on any atom is 0.415 e. The second kappa shape index (κ2) is 13.4. The summed E-state index contributed by atoms with van der Waals surface area (Å²) >= 11 is 0. The first-order valence-electron chi connectivity index (χ1n) is 13.6. The van der Waals surface area contributed by atoms with Crippen LogP contribution in [0.5, 0.6) is 5.75 Å². The highest BCUT2D eigenvalue weighted by Crippen LogP contribution is 2.32. The molecule has 2 N–H and O–H groups in total. The van der Waals surface area contributed by atoms with Gasteiger partial charge in [-0.1, -0.05) is 18.2 Å². The number of benzene rings is 2. The lowest BCUT2D eigenvalue weighted by molar-refractivity contribution is 0.112. The number of rotatable bonds is 10. The largest absolute Gasteiger partial charge is 0.415 e. The van der Waals surface area contributed by atoms with E-state index in [0.717, 1.165) is 12.8 Å². The smallest absolute Gasteiger partial charge is 0.410 e. The van der Waals surface area contributed by atoms with Crippen LogP contribution in [0.2, 0.25) is 0 Å². The summed E-state index contributed by atoms with van der Waals surface area (Å²) in [5, 5.41) is 6.11. The minimum absolute atomic E-state index is 0.291. The highest BCUT2D eigenvalue weighted by molar-refractivity contribution is 6.03. The van der Waals surface area contributed by atoms with Crippen LogP contribution in [0, 0.1) is 0 Å². The number of amides is 3. The van der Waals surface area contributed by atoms with Crippen LogP contribution in [0.1, 0.15) is 44.0 Å². The Kier molecular flexibility index (Phi) is 9.50. The molecule has 3 amide bonds. The molecular weight excluding hydrogens is 510 g/mol. The van der Waals surface area contributed by atoms with Crippen LogP contribution in [0.4, 0.5) is 38.4 Å². The molecule has 0 aliphatic carbocycles. The van der Waals surface area contributed by atoms with E-state index in [1.807, 2.05) is 43.9 Å². The van der Waals surface area contributed by atoms with Gasteiger partial charge in [0.25, 0.3) is 0 Å². The monoisotopic (exact) mass is 545 g/mol. The van der Waals surface area contributed by atoms with Gasteiger partial charge in [-0.05, 0) is 57.9 Å². The molecule has 0 unspecified atom stereocenters. The van der Waals surface area contributed by atoms with Crippen molar-refractivity contribution in [1.82, 2.24) is 14.9 Å². The zero-order valence-corrected chi connectivity index (χ0v) is 23.1. The predicted molar refractivity (Wildman–Crippen MR) is 156 cm³/mol. The van der Waals surface area contributed by atoms with Gasteiger partial charge in [0.05, 0.1) is 11.9 Å². The van der Waals surface area contributed by atoms with E-state index >= 15 is 0 Å². The van der Waals surface area contributed by atoms with Gasteiger partial charge in [0, 0.05) is 50.0 Å². The average Bonchev–Trinajstić information content (AvgIpc) is 3.51. The average molecular weight is 546 g/mol. The molecule has 2 aromatic carbocycles. The molecule has 4 rings (SSSR count). The van der Waals surface area contributed by atoms with Gasteiger partial charge < -0.3 is 25.2 Å². The summed E-state index contributed by atoms with van der Waals surface area (Å²) in [6, 6.07) is 13.5. The Morgan fingerprint density at radius 3 is 2.40 bits per heavy atom. The number of hydrogen-bond donors (Lipinski definition) is 2. The van der Waals surface area contributed by atoms with E-state index in [4.69, 9.17) is 9.72 Å². The van der Waals surface area contributed by atoms with Crippen LogP contribution in [-0.2, 0) is 0 Å². The SMILES string of the molecule is CCN(CC)c1ncc(N(CC)C(=O)Nc2ccccc2)c(Nc2cc(OC(=O)N3CCCC3)ccc2C=O)n1. The minimum Gasteiger partial charge on any atom is -0.410 e. The van der Waals surface area contributed by atoms with Crippen molar-refractivity contribution in [3.63, 3.8) is 0 Å². The van der Waals surface area contributed by atoms with Crippen molar-refractivity contribution in [2.75, 3.05) is 53.2 Å². The Morgan fingerprint density at radius 1 is 1.02 bits per heavy atom. The van der Waals surface area contributed by atoms with Crippen LogP contribution in [0.15, 0.2) is 54.7 Å². The Labute approximate surface area is 234 Å². The fraction of sp³-hybridized carbons (Fsp3) is 0.345. The van der Waals surface area contributed by atoms with Gasteiger partial charge >= 0.3 is 12.1 Å². The first-order valence-corrected chi connectivity index (χ1v) is 13.6. The number of likely N-dealkylation sites (tertiary alicyclic amines) is 1. The molecule has 0 spiro atoms. The van der Waals surface area contributed by atoms with Gasteiger partial charge in [-0.3, -0.25) is 9.69 Å². The zero-order chi connectivity index (χ0) is 28.5. The molecule has 2 heterocycles. The molecule has 11 nitrogen and oxygen atoms in total. The normalized spacial score (nSPS) is 12.5. The van der Waals surface area contributed by atoms with E-state index in [1.165, 1.54) is 4.90 Å². The van der Waals surface area contributed by atoms with E-state index in [9.17, 15) is 14.4 Å². The number of ether oxygens (including phenoxy) is 1. The van der Waals surface area contributed by atoms with E-state index in [0.29, 0.717) is 79.2 Å². The minimum atomic E-state index is -0.427. The van der Waals surface area contributed by atoms with Gasteiger partial charge in [0.2, 0.25) is 5.95 Å². The maximum absolute atomic E-state index is 13.3. The summed E-state index contributed by atoms with van der Waals surface area (Å²) in [5.41, 5.74) is 1.79. The Morgan fingerprint density at radius 2 is 1.75 bits per heavy atom. The molecule has 0 saturated carbocycles. The second-order valence-corrected chi connectivity index (χ2v) is 9.17. The van der Waals surface area contributed by atoms with Crippen LogP contribution in [-0.4, -0.2) is 66.0 Å². The van der Waals surface area contributed by atoms with Crippen molar-refractivity contribution in [3.8, 4) is 5.75 Å². The summed E-state index contributed by atoms with van der Waals surface area (Å²) in [6.45, 7) is 8.87. The quantitative estimate of drug-likeness (QED) is 0.319. The van der Waals surface area contributed by atoms with Crippen LogP contribution in [0.3, 0.4) is 0 Å². The van der Waals surface area contributed by atoms with Gasteiger partial charge in [-0.15, -0.1) is 0 Å². The molecule has 210 valence electrons. The van der Waals surface area contributed by atoms with Crippen LogP contribution < -0.4 is 25.2 Å². The van der Waals surface area contributed by atoms with Crippen molar-refractivity contribution in [1.29, 1.82) is 0 Å². The molecule has 1 aliphatic rings. The first-order chi connectivity index (χ1) is 19.5. The van der Waals surface area contributed by atoms with Crippen molar-refractivity contribution >= 4 is 47.2 Å². The lowest BCUT2D eigenvalue weighted by Gasteiger charge is -2.26. The highest BCUT2D eigenvalue weighted by Gasteiger charge is 2.23. The molecule has 3 aromatic rings. The topological polar surface area (TPSA) is 120 Å². The zero-order valence-electron chi connectivity index (χ0n) is 23.1. The molecule has 1 aromatic heterocycles. The first kappa shape index (κ1) is 28.3. The fourth-order valence-electron chi connectivity index (χ4n) is 4.45. The molecule has 1 fully saturated rings. The highest BCUT2D eigenvalue weighted by atomic mass is 16.6. The van der Waals surface area contributed by atoms with Crippen molar-refractivity contribution in [2.24, 2.45) is 0 Å². The molecule has 1 aliphatic heterocycles. The summed E-state index contributed by atoms with van der Waals surface area (Å²) < 4.78 is 5.59. The number of carbonyl (C=O) groups is 3. The fourth-order valence-corrected chi connectivity index (χ4v) is 4.45. The van der Waals surface area contributed by atoms with E-state index in [1.54, 1.807) is 41.4 Å². The third kappa shape index (κ3) is 6.66. The lowest BCUT2D eigenvalue weighted by Crippen LogP contribution is -2.36. The molecule has 40 heavy (non-hydrogen) atoms. The number of anilines is 5. The Bertz CT molecular complexity index is 1330. The molecule has 0 bridgehead atoms. The Balaban J connectivity index is 1.69. The maximum atomic E-state index is 13.3. The summed E-state index contributed by atoms with van der Waals surface area (Å²) in [4.78, 5) is 52.2. The number of aromatic nitrogens is 2. The van der Waals surface area contributed by atoms with Crippen molar-refractivity contribution in [3.05, 3.63) is 60.3 Å². The number of carbonyl (C=O) groups excluding carboxylic acids is 3. The summed E-state index contributed by atoms with van der Waals surface area (Å²) in [7, 11) is 0. The van der Waals surface area contributed by atoms with E-state index in [2.05, 4.69) is 15.6 Å². The number of para-hydroxylation sites is 1. The standard InChI is InChI=1S/C29H35N7O4/c1-4-34(5-2)27-30-19-25(36(6-3)28(38)31-22-12-8-7-9-13-22)26(33-27)32-24-18-23(15-14-21(24)20-37)40-29(39)35-16-10-11-17-35/h7-9,12-15,18-20H,4-6,10-11,16-17H2,1-3H3,(H,31,38)(H,30,32,33). The number of hydrogen-bond acceptors (Lipinski definition) is 8. The van der Waals surface area contributed by atoms with E-state index in [-0.39, 0.29) is 6.03 Å². The third-order valence-corrected chi connectivity index (χ3v) is 6.65. The number of nitrogens with one attached hydrogen (secondary N) is 2. The number of nitrogens with zero attached hydrogens (tertiary/aromatic N) is 5. The molecule has 11 heteroatoms. The number of aldehydes is 1. The molecular formula is C29H35N7O4. The second-order valence-electron chi connectivity index (χ2n) is 9.17. The van der Waals surface area contributed by atoms with Crippen molar-refractivity contribution < 1.29 is 19.1 Å². The van der Waals surface area contributed by atoms with Gasteiger partial charge in [0.1, 0.15) is 11.4 Å². The van der Waals surface area contributed by atoms with Crippen molar-refractivity contribution in [2.45, 2.75) is 33.6 Å². The summed E-state index contributed by atoms with van der Waals surface area (Å²) in [5.74, 6) is 1.09. The lowest BCUT2D eigenvalue weighted by atomic mass is 10.2.